The first-order chi connectivity index (χ1) is 10.4. The number of pyridine rings is 2. The first kappa shape index (κ1) is 12.5. The average Bonchev–Trinajstić information content (AvgIpc) is 2.96. The lowest BCUT2D eigenvalue weighted by Gasteiger charge is -2.25. The molecule has 1 N–H and O–H groups in total. The van der Waals surface area contributed by atoms with Crippen LogP contribution in [0.25, 0.3) is 22.7 Å². The topological polar surface area (TPSA) is 55.6 Å². The molecule has 0 saturated carbocycles. The van der Waals surface area contributed by atoms with Gasteiger partial charge in [-0.15, -0.1) is 0 Å². The van der Waals surface area contributed by atoms with Gasteiger partial charge >= 0.3 is 0 Å². The van der Waals surface area contributed by atoms with Crippen molar-refractivity contribution >= 4 is 11.2 Å². The molecule has 0 bridgehead atoms. The minimum absolute atomic E-state index is 0.385. The second-order valence-corrected chi connectivity index (χ2v) is 5.37. The molecule has 1 fully saturated rings. The third-order valence-electron chi connectivity index (χ3n) is 3.98. The van der Waals surface area contributed by atoms with Crippen LogP contribution in [0.4, 0.5) is 0 Å². The van der Waals surface area contributed by atoms with Crippen molar-refractivity contribution < 1.29 is 0 Å². The number of hydrogen-bond acceptors (Lipinski definition) is 4. The van der Waals surface area contributed by atoms with Crippen LogP contribution in [-0.4, -0.2) is 32.6 Å². The molecular formula is C16H17N5. The molecule has 5 nitrogen and oxygen atoms in total. The summed E-state index contributed by atoms with van der Waals surface area (Å²) in [6.07, 6.45) is 5.97. The molecule has 106 valence electrons. The van der Waals surface area contributed by atoms with Crippen LogP contribution in [0, 0.1) is 0 Å². The molecule has 21 heavy (non-hydrogen) atoms. The molecule has 1 atom stereocenters. The van der Waals surface area contributed by atoms with Crippen molar-refractivity contribution in [2.24, 2.45) is 0 Å². The maximum absolute atomic E-state index is 4.77. The maximum Gasteiger partial charge on any atom is 0.161 e. The average molecular weight is 279 g/mol. The summed E-state index contributed by atoms with van der Waals surface area (Å²) in [7, 11) is 0. The fourth-order valence-electron chi connectivity index (χ4n) is 3.01. The van der Waals surface area contributed by atoms with Crippen LogP contribution < -0.4 is 5.32 Å². The van der Waals surface area contributed by atoms with Gasteiger partial charge in [-0.2, -0.15) is 0 Å². The van der Waals surface area contributed by atoms with Crippen LogP contribution in [0.3, 0.4) is 0 Å². The van der Waals surface area contributed by atoms with Gasteiger partial charge in [0.2, 0.25) is 0 Å². The standard InChI is InChI=1S/C16H17N5/c1-2-9-18-13(6-1)16-20-14-7-4-10-19-15(14)21(16)12-5-3-8-17-11-12/h1-2,4,6-7,9-10,12,17H,3,5,8,11H2. The largest absolute Gasteiger partial charge is 0.315 e. The van der Waals surface area contributed by atoms with Gasteiger partial charge in [-0.05, 0) is 43.7 Å². The van der Waals surface area contributed by atoms with E-state index in [1.165, 1.54) is 6.42 Å². The summed E-state index contributed by atoms with van der Waals surface area (Å²) in [6.45, 7) is 2.05. The van der Waals surface area contributed by atoms with Gasteiger partial charge in [-0.1, -0.05) is 6.07 Å². The van der Waals surface area contributed by atoms with E-state index >= 15 is 0 Å². The van der Waals surface area contributed by atoms with Gasteiger partial charge in [0.1, 0.15) is 11.2 Å². The highest BCUT2D eigenvalue weighted by molar-refractivity contribution is 5.76. The van der Waals surface area contributed by atoms with Crippen LogP contribution in [0.2, 0.25) is 0 Å². The summed E-state index contributed by atoms with van der Waals surface area (Å²) >= 11 is 0. The van der Waals surface area contributed by atoms with Gasteiger partial charge in [0.05, 0.1) is 0 Å². The van der Waals surface area contributed by atoms with Crippen molar-refractivity contribution in [3.8, 4) is 11.5 Å². The van der Waals surface area contributed by atoms with Crippen molar-refractivity contribution in [3.63, 3.8) is 0 Å². The molecule has 5 heteroatoms. The highest BCUT2D eigenvalue weighted by atomic mass is 15.2. The fourth-order valence-corrected chi connectivity index (χ4v) is 3.01. The minimum atomic E-state index is 0.385. The van der Waals surface area contributed by atoms with Crippen LogP contribution in [0.15, 0.2) is 42.7 Å². The predicted molar refractivity (Wildman–Crippen MR) is 81.9 cm³/mol. The number of rotatable bonds is 2. The molecule has 4 rings (SSSR count). The van der Waals surface area contributed by atoms with E-state index in [0.717, 1.165) is 42.2 Å². The summed E-state index contributed by atoms with van der Waals surface area (Å²) in [4.78, 5) is 13.8. The van der Waals surface area contributed by atoms with Crippen molar-refractivity contribution in [1.29, 1.82) is 0 Å². The van der Waals surface area contributed by atoms with Crippen LogP contribution in [0.1, 0.15) is 18.9 Å². The lowest BCUT2D eigenvalue weighted by atomic mass is 10.1. The third kappa shape index (κ3) is 2.19. The molecule has 3 aromatic heterocycles. The first-order valence-electron chi connectivity index (χ1n) is 7.38. The van der Waals surface area contributed by atoms with Crippen molar-refractivity contribution in [1.82, 2.24) is 24.8 Å². The molecule has 0 radical (unpaired) electrons. The molecule has 4 heterocycles. The van der Waals surface area contributed by atoms with Gasteiger partial charge < -0.3 is 9.88 Å². The zero-order chi connectivity index (χ0) is 14.1. The summed E-state index contributed by atoms with van der Waals surface area (Å²) in [5, 5.41) is 3.47. The Labute approximate surface area is 123 Å². The molecule has 1 unspecified atom stereocenters. The van der Waals surface area contributed by atoms with Gasteiger partial charge in [0, 0.05) is 25.0 Å². The molecule has 1 saturated heterocycles. The number of nitrogens with one attached hydrogen (secondary N) is 1. The highest BCUT2D eigenvalue weighted by Crippen LogP contribution is 2.29. The number of aromatic nitrogens is 4. The van der Waals surface area contributed by atoms with E-state index < -0.39 is 0 Å². The van der Waals surface area contributed by atoms with E-state index in [4.69, 9.17) is 4.98 Å². The second kappa shape index (κ2) is 5.26. The van der Waals surface area contributed by atoms with E-state index in [2.05, 4.69) is 19.9 Å². The molecule has 0 amide bonds. The smallest absolute Gasteiger partial charge is 0.161 e. The molecule has 1 aliphatic heterocycles. The van der Waals surface area contributed by atoms with Crippen LogP contribution in [-0.2, 0) is 0 Å². The van der Waals surface area contributed by atoms with Crippen molar-refractivity contribution in [2.75, 3.05) is 13.1 Å². The Hall–Kier alpha value is -2.27. The molecule has 0 aromatic carbocycles. The van der Waals surface area contributed by atoms with Gasteiger partial charge in [-0.3, -0.25) is 4.98 Å². The van der Waals surface area contributed by atoms with E-state index in [0.29, 0.717) is 6.04 Å². The van der Waals surface area contributed by atoms with Gasteiger partial charge in [0.25, 0.3) is 0 Å². The van der Waals surface area contributed by atoms with E-state index in [9.17, 15) is 0 Å². The van der Waals surface area contributed by atoms with Crippen LogP contribution >= 0.6 is 0 Å². The van der Waals surface area contributed by atoms with E-state index in [1.54, 1.807) is 0 Å². The Morgan fingerprint density at radius 3 is 2.86 bits per heavy atom. The third-order valence-corrected chi connectivity index (χ3v) is 3.98. The normalized spacial score (nSPS) is 19.0. The van der Waals surface area contributed by atoms with E-state index in [-0.39, 0.29) is 0 Å². The van der Waals surface area contributed by atoms with Gasteiger partial charge in [0.15, 0.2) is 11.5 Å². The number of nitrogens with zero attached hydrogens (tertiary/aromatic N) is 4. The lowest BCUT2D eigenvalue weighted by Crippen LogP contribution is -2.32. The minimum Gasteiger partial charge on any atom is -0.315 e. The molecule has 0 spiro atoms. The molecule has 0 aliphatic carbocycles. The molecular weight excluding hydrogens is 262 g/mol. The maximum atomic E-state index is 4.77. The first-order valence-corrected chi connectivity index (χ1v) is 7.38. The SMILES string of the molecule is c1ccc(-c2nc3cccnc3n2C2CCCNC2)nc1. The Morgan fingerprint density at radius 2 is 2.05 bits per heavy atom. The fraction of sp³-hybridized carbons (Fsp3) is 0.312. The summed E-state index contributed by atoms with van der Waals surface area (Å²) in [5.41, 5.74) is 2.79. The number of piperidine rings is 1. The van der Waals surface area contributed by atoms with Crippen LogP contribution in [0.5, 0.6) is 0 Å². The zero-order valence-corrected chi connectivity index (χ0v) is 11.7. The van der Waals surface area contributed by atoms with Gasteiger partial charge in [-0.25, -0.2) is 9.97 Å². The monoisotopic (exact) mass is 279 g/mol. The highest BCUT2D eigenvalue weighted by Gasteiger charge is 2.23. The summed E-state index contributed by atoms with van der Waals surface area (Å²) in [6, 6.07) is 10.3. The molecule has 1 aliphatic rings. The zero-order valence-electron chi connectivity index (χ0n) is 11.7. The quantitative estimate of drug-likeness (QED) is 0.782. The Balaban J connectivity index is 1.92. The second-order valence-electron chi connectivity index (χ2n) is 5.37. The number of fused-ring (bicyclic) bond motifs is 1. The Kier molecular flexibility index (Phi) is 3.12. The number of hydrogen-bond donors (Lipinski definition) is 1. The predicted octanol–water partition coefficient (Wildman–Crippen LogP) is 2.42. The Morgan fingerprint density at radius 1 is 1.10 bits per heavy atom. The number of imidazole rings is 1. The summed E-state index contributed by atoms with van der Waals surface area (Å²) < 4.78 is 2.25. The van der Waals surface area contributed by atoms with Crippen molar-refractivity contribution in [2.45, 2.75) is 18.9 Å². The molecule has 3 aromatic rings. The van der Waals surface area contributed by atoms with E-state index in [1.807, 2.05) is 42.7 Å². The Bertz CT molecular complexity index is 744. The lowest BCUT2D eigenvalue weighted by molar-refractivity contribution is 0.379. The van der Waals surface area contributed by atoms with Crippen molar-refractivity contribution in [3.05, 3.63) is 42.7 Å². The summed E-state index contributed by atoms with van der Waals surface area (Å²) in [5.74, 6) is 0.915.